The van der Waals surface area contributed by atoms with Crippen LogP contribution in [0.3, 0.4) is 0 Å². The lowest BCUT2D eigenvalue weighted by molar-refractivity contribution is -0.127. The molecule has 0 aromatic heterocycles. The average Bonchev–Trinajstić information content (AvgIpc) is 2.64. The van der Waals surface area contributed by atoms with E-state index in [2.05, 4.69) is 10.6 Å². The molecule has 0 aliphatic rings. The molecule has 2 N–H and O–H groups in total. The highest BCUT2D eigenvalue weighted by Gasteiger charge is 2.07. The van der Waals surface area contributed by atoms with Crippen molar-refractivity contribution in [2.45, 2.75) is 26.5 Å². The van der Waals surface area contributed by atoms with Crippen LogP contribution in [0.1, 0.15) is 19.4 Å². The first kappa shape index (κ1) is 19.3. The van der Waals surface area contributed by atoms with E-state index in [4.69, 9.17) is 9.47 Å². The van der Waals surface area contributed by atoms with E-state index in [0.717, 1.165) is 11.3 Å². The fraction of sp³-hybridized carbons (Fsp3) is 0.300. The molecule has 0 bridgehead atoms. The highest BCUT2D eigenvalue weighted by molar-refractivity contribution is 5.85. The van der Waals surface area contributed by atoms with Gasteiger partial charge in [0.15, 0.2) is 6.61 Å². The smallest absolute Gasteiger partial charge is 0.258 e. The number of amides is 2. The Hall–Kier alpha value is -3.02. The zero-order chi connectivity index (χ0) is 18.8. The van der Waals surface area contributed by atoms with Crippen molar-refractivity contribution in [1.29, 1.82) is 0 Å². The lowest BCUT2D eigenvalue weighted by Gasteiger charge is -2.10. The summed E-state index contributed by atoms with van der Waals surface area (Å²) in [5.74, 6) is 0.691. The number of carbonyl (C=O) groups is 2. The minimum Gasteiger partial charge on any atom is -0.489 e. The Balaban J connectivity index is 1.70. The average molecular weight is 356 g/mol. The number of hydrogen-bond acceptors (Lipinski definition) is 4. The van der Waals surface area contributed by atoms with E-state index < -0.39 is 0 Å². The van der Waals surface area contributed by atoms with Crippen molar-refractivity contribution >= 4 is 11.8 Å². The summed E-state index contributed by atoms with van der Waals surface area (Å²) >= 11 is 0. The van der Waals surface area contributed by atoms with Crippen LogP contribution >= 0.6 is 0 Å². The third kappa shape index (κ3) is 7.25. The second-order valence-electron chi connectivity index (χ2n) is 6.03. The predicted octanol–water partition coefficient (Wildman–Crippen LogP) is 2.29. The van der Waals surface area contributed by atoms with Gasteiger partial charge in [0.2, 0.25) is 5.91 Å². The Labute approximate surface area is 153 Å². The summed E-state index contributed by atoms with van der Waals surface area (Å²) in [4.78, 5) is 23.1. The van der Waals surface area contributed by atoms with Gasteiger partial charge in [0.25, 0.3) is 5.91 Å². The molecule has 26 heavy (non-hydrogen) atoms. The van der Waals surface area contributed by atoms with Gasteiger partial charge in [-0.3, -0.25) is 9.59 Å². The van der Waals surface area contributed by atoms with E-state index in [1.165, 1.54) is 0 Å². The van der Waals surface area contributed by atoms with Gasteiger partial charge in [-0.05, 0) is 43.7 Å². The number of nitrogens with one attached hydrogen (secondary N) is 2. The van der Waals surface area contributed by atoms with Crippen molar-refractivity contribution in [3.05, 3.63) is 60.2 Å². The van der Waals surface area contributed by atoms with Crippen molar-refractivity contribution in [3.8, 4) is 11.5 Å². The standard InChI is InChI=1S/C20H24N2O4/c1-15(2)22-19(23)12-21-20(24)14-26-18-10-8-17(9-11-18)25-13-16-6-4-3-5-7-16/h3-11,15H,12-14H2,1-2H3,(H,21,24)(H,22,23). The van der Waals surface area contributed by atoms with Gasteiger partial charge in [-0.1, -0.05) is 30.3 Å². The summed E-state index contributed by atoms with van der Waals surface area (Å²) in [7, 11) is 0. The van der Waals surface area contributed by atoms with Crippen LogP contribution in [0.4, 0.5) is 0 Å². The highest BCUT2D eigenvalue weighted by atomic mass is 16.5. The van der Waals surface area contributed by atoms with Gasteiger partial charge < -0.3 is 20.1 Å². The largest absolute Gasteiger partial charge is 0.489 e. The lowest BCUT2D eigenvalue weighted by Crippen LogP contribution is -2.41. The first-order chi connectivity index (χ1) is 12.5. The number of hydrogen-bond donors (Lipinski definition) is 2. The molecule has 138 valence electrons. The van der Waals surface area contributed by atoms with Crippen LogP contribution in [0.15, 0.2) is 54.6 Å². The van der Waals surface area contributed by atoms with E-state index in [-0.39, 0.29) is 31.0 Å². The Morgan fingerprint density at radius 2 is 1.50 bits per heavy atom. The Kier molecular flexibility index (Phi) is 7.49. The maximum atomic E-state index is 11.7. The molecule has 0 radical (unpaired) electrons. The molecule has 0 atom stereocenters. The predicted molar refractivity (Wildman–Crippen MR) is 99.0 cm³/mol. The molecule has 0 heterocycles. The minimum absolute atomic E-state index is 0.0401. The van der Waals surface area contributed by atoms with Crippen molar-refractivity contribution in [3.63, 3.8) is 0 Å². The summed E-state index contributed by atoms with van der Waals surface area (Å²) < 4.78 is 11.1. The van der Waals surface area contributed by atoms with Gasteiger partial charge in [-0.25, -0.2) is 0 Å². The zero-order valence-electron chi connectivity index (χ0n) is 15.0. The molecule has 2 aromatic carbocycles. The molecule has 0 saturated heterocycles. The van der Waals surface area contributed by atoms with E-state index in [1.54, 1.807) is 24.3 Å². The van der Waals surface area contributed by atoms with Gasteiger partial charge in [0, 0.05) is 6.04 Å². The van der Waals surface area contributed by atoms with Crippen LogP contribution in [0, 0.1) is 0 Å². The number of benzene rings is 2. The lowest BCUT2D eigenvalue weighted by atomic mass is 10.2. The summed E-state index contributed by atoms with van der Waals surface area (Å²) in [6.07, 6.45) is 0. The maximum absolute atomic E-state index is 11.7. The van der Waals surface area contributed by atoms with E-state index in [1.807, 2.05) is 44.2 Å². The van der Waals surface area contributed by atoms with Crippen LogP contribution in [0.5, 0.6) is 11.5 Å². The maximum Gasteiger partial charge on any atom is 0.258 e. The molecular weight excluding hydrogens is 332 g/mol. The van der Waals surface area contributed by atoms with Crippen LogP contribution in [0.2, 0.25) is 0 Å². The fourth-order valence-corrected chi connectivity index (χ4v) is 2.12. The summed E-state index contributed by atoms with van der Waals surface area (Å²) in [5, 5.41) is 5.20. The van der Waals surface area contributed by atoms with Gasteiger partial charge in [0.1, 0.15) is 18.1 Å². The van der Waals surface area contributed by atoms with Gasteiger partial charge >= 0.3 is 0 Å². The molecule has 6 heteroatoms. The van der Waals surface area contributed by atoms with Crippen molar-refractivity contribution in [2.75, 3.05) is 13.2 Å². The summed E-state index contributed by atoms with van der Waals surface area (Å²) in [6.45, 7) is 3.99. The van der Waals surface area contributed by atoms with E-state index in [9.17, 15) is 9.59 Å². The molecular formula is C20H24N2O4. The minimum atomic E-state index is -0.353. The van der Waals surface area contributed by atoms with Gasteiger partial charge in [0.05, 0.1) is 6.54 Å². The molecule has 6 nitrogen and oxygen atoms in total. The van der Waals surface area contributed by atoms with Crippen LogP contribution < -0.4 is 20.1 Å². The number of ether oxygens (including phenoxy) is 2. The molecule has 2 aromatic rings. The monoisotopic (exact) mass is 356 g/mol. The zero-order valence-corrected chi connectivity index (χ0v) is 15.0. The molecule has 0 spiro atoms. The highest BCUT2D eigenvalue weighted by Crippen LogP contribution is 2.18. The van der Waals surface area contributed by atoms with Gasteiger partial charge in [-0.15, -0.1) is 0 Å². The van der Waals surface area contributed by atoms with Crippen molar-refractivity contribution in [1.82, 2.24) is 10.6 Å². The second kappa shape index (κ2) is 10.1. The topological polar surface area (TPSA) is 76.7 Å². The van der Waals surface area contributed by atoms with Crippen LogP contribution in [-0.4, -0.2) is 31.0 Å². The Morgan fingerprint density at radius 3 is 2.12 bits per heavy atom. The fourth-order valence-electron chi connectivity index (χ4n) is 2.12. The second-order valence-corrected chi connectivity index (χ2v) is 6.03. The Morgan fingerprint density at radius 1 is 0.885 bits per heavy atom. The van der Waals surface area contributed by atoms with Crippen LogP contribution in [-0.2, 0) is 16.2 Å². The van der Waals surface area contributed by atoms with Gasteiger partial charge in [-0.2, -0.15) is 0 Å². The molecule has 2 rings (SSSR count). The summed E-state index contributed by atoms with van der Waals surface area (Å²) in [5.41, 5.74) is 1.09. The molecule has 0 fully saturated rings. The molecule has 0 aliphatic carbocycles. The normalized spacial score (nSPS) is 10.3. The molecule has 0 saturated carbocycles. The van der Waals surface area contributed by atoms with E-state index >= 15 is 0 Å². The van der Waals surface area contributed by atoms with Crippen molar-refractivity contribution < 1.29 is 19.1 Å². The third-order valence-electron chi connectivity index (χ3n) is 3.34. The summed E-state index contributed by atoms with van der Waals surface area (Å²) in [6, 6.07) is 17.0. The molecule has 0 unspecified atom stereocenters. The van der Waals surface area contributed by atoms with Crippen LogP contribution in [0.25, 0.3) is 0 Å². The molecule has 2 amide bonds. The molecule has 0 aliphatic heterocycles. The Bertz CT molecular complexity index is 700. The quantitative estimate of drug-likeness (QED) is 0.723. The third-order valence-corrected chi connectivity index (χ3v) is 3.34. The van der Waals surface area contributed by atoms with Crippen molar-refractivity contribution in [2.24, 2.45) is 0 Å². The number of carbonyl (C=O) groups excluding carboxylic acids is 2. The SMILES string of the molecule is CC(C)NC(=O)CNC(=O)COc1ccc(OCc2ccccc2)cc1. The first-order valence-corrected chi connectivity index (χ1v) is 8.48. The van der Waals surface area contributed by atoms with E-state index in [0.29, 0.717) is 12.4 Å². The first-order valence-electron chi connectivity index (χ1n) is 8.48. The number of rotatable bonds is 9.